The molecule has 0 heterocycles. The van der Waals surface area contributed by atoms with E-state index in [0.717, 1.165) is 57.8 Å². The van der Waals surface area contributed by atoms with Gasteiger partial charge in [0.2, 0.25) is 5.91 Å². The molecule has 4 fully saturated rings. The van der Waals surface area contributed by atoms with E-state index in [1.165, 1.54) is 12.8 Å². The Labute approximate surface area is 215 Å². The lowest BCUT2D eigenvalue weighted by molar-refractivity contribution is -0.179. The first-order valence-electron chi connectivity index (χ1n) is 14.4. The third-order valence-electron chi connectivity index (χ3n) is 12.0. The van der Waals surface area contributed by atoms with E-state index in [1.807, 2.05) is 0 Å². The molecule has 10 unspecified atom stereocenters. The number of rotatable bonds is 5. The summed E-state index contributed by atoms with van der Waals surface area (Å²) in [4.78, 5) is 35.8. The zero-order valence-corrected chi connectivity index (χ0v) is 22.3. The van der Waals surface area contributed by atoms with E-state index in [9.17, 15) is 19.5 Å². The highest BCUT2D eigenvalue weighted by molar-refractivity contribution is 5.82. The lowest BCUT2D eigenvalue weighted by Gasteiger charge is -2.66. The highest BCUT2D eigenvalue weighted by Gasteiger charge is 2.63. The van der Waals surface area contributed by atoms with Gasteiger partial charge >= 0.3 is 5.97 Å². The van der Waals surface area contributed by atoms with E-state index in [4.69, 9.17) is 10.5 Å². The Morgan fingerprint density at radius 2 is 1.83 bits per heavy atom. The van der Waals surface area contributed by atoms with Crippen LogP contribution < -0.4 is 5.73 Å². The summed E-state index contributed by atoms with van der Waals surface area (Å²) in [6, 6.07) is 0. The van der Waals surface area contributed by atoms with Gasteiger partial charge in [0.05, 0.1) is 11.8 Å². The molecule has 5 aliphatic carbocycles. The number of carbonyl (C=O) groups excluding carboxylic acids is 3. The maximum absolute atomic E-state index is 12.7. The normalized spacial score (nSPS) is 46.6. The van der Waals surface area contributed by atoms with Crippen LogP contribution in [-0.4, -0.2) is 35.5 Å². The highest BCUT2D eigenvalue weighted by Crippen LogP contribution is 2.70. The Morgan fingerprint density at radius 3 is 2.56 bits per heavy atom. The molecule has 0 bridgehead atoms. The predicted octanol–water partition coefficient (Wildman–Crippen LogP) is 4.72. The molecular weight excluding hydrogens is 454 g/mol. The van der Waals surface area contributed by atoms with Crippen LogP contribution in [0.25, 0.3) is 0 Å². The van der Waals surface area contributed by atoms with Gasteiger partial charge in [0.1, 0.15) is 18.5 Å². The number of aldehydes is 1. The van der Waals surface area contributed by atoms with Crippen molar-refractivity contribution in [1.82, 2.24) is 0 Å². The van der Waals surface area contributed by atoms with Crippen molar-refractivity contribution in [2.75, 3.05) is 0 Å². The fourth-order valence-electron chi connectivity index (χ4n) is 10.2. The molecule has 0 spiro atoms. The van der Waals surface area contributed by atoms with Crippen LogP contribution in [0, 0.1) is 45.8 Å². The van der Waals surface area contributed by atoms with E-state index in [0.29, 0.717) is 30.0 Å². The number of esters is 1. The molecule has 4 saturated carbocycles. The van der Waals surface area contributed by atoms with Gasteiger partial charge in [-0.05, 0) is 98.2 Å². The number of amides is 1. The number of hydrogen-bond donors (Lipinski definition) is 2. The minimum Gasteiger partial charge on any atom is -0.462 e. The van der Waals surface area contributed by atoms with Crippen molar-refractivity contribution >= 4 is 18.2 Å². The number of hydrogen-bond acceptors (Lipinski definition) is 5. The molecule has 5 aliphatic rings. The van der Waals surface area contributed by atoms with Gasteiger partial charge in [-0.25, -0.2) is 0 Å². The molecule has 6 heteroatoms. The van der Waals surface area contributed by atoms with Crippen molar-refractivity contribution < 1.29 is 24.2 Å². The molecule has 1 amide bonds. The zero-order chi connectivity index (χ0) is 25.9. The van der Waals surface area contributed by atoms with E-state index < -0.39 is 12.1 Å². The summed E-state index contributed by atoms with van der Waals surface area (Å²) in [6.45, 7) is 7.25. The summed E-state index contributed by atoms with van der Waals surface area (Å²) in [6.07, 6.45) is 12.9. The number of allylic oxidation sites excluding steroid dienone is 2. The third-order valence-corrected chi connectivity index (χ3v) is 12.0. The van der Waals surface area contributed by atoms with Crippen LogP contribution in [0.3, 0.4) is 0 Å². The molecule has 0 saturated heterocycles. The van der Waals surface area contributed by atoms with Crippen LogP contribution in [-0.2, 0) is 19.1 Å². The van der Waals surface area contributed by atoms with Gasteiger partial charge in [-0.3, -0.25) is 9.59 Å². The molecular formula is C30H45NO5. The molecule has 5 rings (SSSR count). The number of ether oxygens (including phenoxy) is 1. The molecule has 36 heavy (non-hydrogen) atoms. The number of aliphatic hydroxyl groups is 1. The maximum atomic E-state index is 12.7. The van der Waals surface area contributed by atoms with E-state index in [-0.39, 0.29) is 40.6 Å². The minimum absolute atomic E-state index is 0.0724. The van der Waals surface area contributed by atoms with Gasteiger partial charge in [0, 0.05) is 0 Å². The second kappa shape index (κ2) is 9.25. The Hall–Kier alpha value is -1.69. The van der Waals surface area contributed by atoms with Crippen LogP contribution in [0.4, 0.5) is 0 Å². The lowest BCUT2D eigenvalue weighted by Crippen LogP contribution is -2.60. The lowest BCUT2D eigenvalue weighted by atomic mass is 9.39. The fourth-order valence-corrected chi connectivity index (χ4v) is 10.2. The average Bonchev–Trinajstić information content (AvgIpc) is 2.85. The van der Waals surface area contributed by atoms with Crippen molar-refractivity contribution in [3.63, 3.8) is 0 Å². The van der Waals surface area contributed by atoms with E-state index in [2.05, 4.69) is 26.8 Å². The molecule has 0 radical (unpaired) electrons. The van der Waals surface area contributed by atoms with Crippen molar-refractivity contribution in [3.8, 4) is 0 Å². The molecule has 0 aromatic carbocycles. The highest BCUT2D eigenvalue weighted by atomic mass is 16.5. The summed E-state index contributed by atoms with van der Waals surface area (Å²) in [5.74, 6) is 1.64. The van der Waals surface area contributed by atoms with Crippen molar-refractivity contribution in [3.05, 3.63) is 11.6 Å². The molecule has 0 aromatic rings. The Morgan fingerprint density at radius 1 is 1.08 bits per heavy atom. The standard InChI is InChI=1S/C30H45NO5/c1-18-21-9-13-29(3)22-10-15-30(27(31)35)12-5-4-6-23(30)20(22)7-8-25(29)28(21,2)14-11-24(18)36-26(34)16-19(33)17-32/h7,17-19,21-25,33H,4-6,8-16H2,1-3H3,(H2,31,35). The largest absolute Gasteiger partial charge is 0.462 e. The second-order valence-electron chi connectivity index (χ2n) is 13.4. The summed E-state index contributed by atoms with van der Waals surface area (Å²) < 4.78 is 5.80. The Bertz CT molecular complexity index is 946. The van der Waals surface area contributed by atoms with Gasteiger partial charge in [-0.2, -0.15) is 0 Å². The van der Waals surface area contributed by atoms with Gasteiger partial charge < -0.3 is 20.4 Å². The summed E-state index contributed by atoms with van der Waals surface area (Å²) >= 11 is 0. The quantitative estimate of drug-likeness (QED) is 0.323. The number of fused-ring (bicyclic) bond motifs is 7. The average molecular weight is 500 g/mol. The first-order chi connectivity index (χ1) is 17.1. The predicted molar refractivity (Wildman–Crippen MR) is 136 cm³/mol. The maximum Gasteiger partial charge on any atom is 0.309 e. The van der Waals surface area contributed by atoms with Gasteiger partial charge in [-0.1, -0.05) is 45.3 Å². The van der Waals surface area contributed by atoms with Crippen LogP contribution in [0.15, 0.2) is 11.6 Å². The van der Waals surface area contributed by atoms with Crippen LogP contribution in [0.5, 0.6) is 0 Å². The summed E-state index contributed by atoms with van der Waals surface area (Å²) in [7, 11) is 0. The molecule has 3 N–H and O–H groups in total. The number of aliphatic hydroxyl groups excluding tert-OH is 1. The minimum atomic E-state index is -1.28. The number of primary amides is 1. The van der Waals surface area contributed by atoms with Crippen LogP contribution in [0.2, 0.25) is 0 Å². The molecule has 0 aliphatic heterocycles. The zero-order valence-electron chi connectivity index (χ0n) is 22.3. The second-order valence-corrected chi connectivity index (χ2v) is 13.4. The van der Waals surface area contributed by atoms with Crippen molar-refractivity contribution in [1.29, 1.82) is 0 Å². The molecule has 10 atom stereocenters. The monoisotopic (exact) mass is 499 g/mol. The van der Waals surface area contributed by atoms with Crippen molar-refractivity contribution in [2.45, 2.75) is 110 Å². The van der Waals surface area contributed by atoms with Crippen LogP contribution in [0.1, 0.15) is 97.8 Å². The molecule has 0 aromatic heterocycles. The number of nitrogens with two attached hydrogens (primary N) is 1. The third kappa shape index (κ3) is 3.80. The first kappa shape index (κ1) is 25.9. The van der Waals surface area contributed by atoms with Gasteiger partial charge in [-0.15, -0.1) is 0 Å². The first-order valence-corrected chi connectivity index (χ1v) is 14.4. The topological polar surface area (TPSA) is 107 Å². The Balaban J connectivity index is 1.38. The Kier molecular flexibility index (Phi) is 6.67. The van der Waals surface area contributed by atoms with E-state index in [1.54, 1.807) is 5.57 Å². The van der Waals surface area contributed by atoms with Gasteiger partial charge in [0.25, 0.3) is 0 Å². The molecule has 6 nitrogen and oxygen atoms in total. The van der Waals surface area contributed by atoms with Gasteiger partial charge in [0.15, 0.2) is 0 Å². The number of carbonyl (C=O) groups is 3. The molecule has 200 valence electrons. The van der Waals surface area contributed by atoms with Crippen molar-refractivity contribution in [2.24, 2.45) is 51.6 Å². The SMILES string of the molecule is CC1C(OC(=O)CC(O)C=O)CCC2(C)C1CCC1(C)C3CCC4(C(N)=O)CCCCC4C3=CCC12. The van der Waals surface area contributed by atoms with E-state index >= 15 is 0 Å². The smallest absolute Gasteiger partial charge is 0.309 e. The summed E-state index contributed by atoms with van der Waals surface area (Å²) in [5.41, 5.74) is 7.73. The summed E-state index contributed by atoms with van der Waals surface area (Å²) in [5, 5.41) is 9.52. The fraction of sp³-hybridized carbons (Fsp3) is 0.833. The van der Waals surface area contributed by atoms with Crippen LogP contribution >= 0.6 is 0 Å².